The first kappa shape index (κ1) is 15.3. The summed E-state index contributed by atoms with van der Waals surface area (Å²) in [7, 11) is 0. The summed E-state index contributed by atoms with van der Waals surface area (Å²) in [6.45, 7) is 3.99. The predicted molar refractivity (Wildman–Crippen MR) is 81.8 cm³/mol. The van der Waals surface area contributed by atoms with Crippen LogP contribution in [-0.4, -0.2) is 21.3 Å². The van der Waals surface area contributed by atoms with Gasteiger partial charge in [0.05, 0.1) is 28.1 Å². The highest BCUT2D eigenvalue weighted by Crippen LogP contribution is 2.25. The van der Waals surface area contributed by atoms with Gasteiger partial charge in [0.2, 0.25) is 5.91 Å². The number of benzene rings is 1. The smallest absolute Gasteiger partial charge is 0.224 e. The highest BCUT2D eigenvalue weighted by molar-refractivity contribution is 6.17. The van der Waals surface area contributed by atoms with E-state index in [-0.39, 0.29) is 5.91 Å². The number of nitriles is 1. The molecule has 0 spiro atoms. The summed E-state index contributed by atoms with van der Waals surface area (Å²) in [4.78, 5) is 16.1. The van der Waals surface area contributed by atoms with Gasteiger partial charge in [-0.3, -0.25) is 4.79 Å². The summed E-state index contributed by atoms with van der Waals surface area (Å²) in [5.74, 6) is 0.854. The Morgan fingerprint density at radius 2 is 2.24 bits per heavy atom. The van der Waals surface area contributed by atoms with Gasteiger partial charge >= 0.3 is 0 Å². The Morgan fingerprint density at radius 1 is 1.52 bits per heavy atom. The first-order valence-corrected chi connectivity index (χ1v) is 7.17. The molecule has 0 aliphatic heterocycles. The summed E-state index contributed by atoms with van der Waals surface area (Å²) in [5.41, 5.74) is 6.91. The van der Waals surface area contributed by atoms with Crippen LogP contribution in [0.15, 0.2) is 18.2 Å². The van der Waals surface area contributed by atoms with Crippen LogP contribution in [0.3, 0.4) is 0 Å². The monoisotopic (exact) mass is 304 g/mol. The molecule has 1 amide bonds. The van der Waals surface area contributed by atoms with Gasteiger partial charge in [-0.05, 0) is 32.0 Å². The molecule has 6 heteroatoms. The Labute approximate surface area is 128 Å². The van der Waals surface area contributed by atoms with Crippen LogP contribution >= 0.6 is 11.6 Å². The summed E-state index contributed by atoms with van der Waals surface area (Å²) in [6.07, 6.45) is 0.590. The first-order chi connectivity index (χ1) is 9.89. The number of aromatic nitrogens is 2. The van der Waals surface area contributed by atoms with E-state index in [1.165, 1.54) is 0 Å². The number of imidazole rings is 1. The third-order valence-corrected chi connectivity index (χ3v) is 3.68. The van der Waals surface area contributed by atoms with E-state index in [1.54, 1.807) is 32.0 Å². The molecule has 21 heavy (non-hydrogen) atoms. The van der Waals surface area contributed by atoms with E-state index in [2.05, 4.69) is 11.1 Å². The number of nitrogens with two attached hydrogens (primary N) is 1. The lowest BCUT2D eigenvalue weighted by molar-refractivity contribution is -0.126. The van der Waals surface area contributed by atoms with Crippen LogP contribution in [0.25, 0.3) is 11.0 Å². The Hall–Kier alpha value is -2.06. The average molecular weight is 305 g/mol. The number of amides is 1. The lowest BCUT2D eigenvalue weighted by atomic mass is 9.92. The molecule has 0 radical (unpaired) electrons. The molecule has 0 unspecified atom stereocenters. The molecule has 2 rings (SSSR count). The van der Waals surface area contributed by atoms with Gasteiger partial charge in [0, 0.05) is 18.8 Å². The number of nitrogens with zero attached hydrogens (tertiary/aromatic N) is 3. The molecule has 0 saturated heterocycles. The van der Waals surface area contributed by atoms with E-state index in [0.29, 0.717) is 24.4 Å². The maximum Gasteiger partial charge on any atom is 0.224 e. The molecule has 110 valence electrons. The molecule has 0 saturated carbocycles. The van der Waals surface area contributed by atoms with Gasteiger partial charge in [-0.25, -0.2) is 4.98 Å². The van der Waals surface area contributed by atoms with Gasteiger partial charge < -0.3 is 10.3 Å². The minimum absolute atomic E-state index is 0.377. The van der Waals surface area contributed by atoms with Crippen molar-refractivity contribution in [3.8, 4) is 6.07 Å². The third-order valence-electron chi connectivity index (χ3n) is 3.49. The molecule has 2 aromatic rings. The Morgan fingerprint density at radius 3 is 2.81 bits per heavy atom. The number of alkyl halides is 1. The quantitative estimate of drug-likeness (QED) is 0.859. The third kappa shape index (κ3) is 3.01. The summed E-state index contributed by atoms with van der Waals surface area (Å²) in [5, 5.41) is 9.04. The van der Waals surface area contributed by atoms with Crippen LogP contribution in [0.1, 0.15) is 25.2 Å². The van der Waals surface area contributed by atoms with Gasteiger partial charge in [0.1, 0.15) is 5.82 Å². The van der Waals surface area contributed by atoms with Crippen molar-refractivity contribution in [2.75, 3.05) is 5.88 Å². The first-order valence-electron chi connectivity index (χ1n) is 6.64. The predicted octanol–water partition coefficient (Wildman–Crippen LogP) is 2.20. The SMILES string of the molecule is CC(C)(Cn1c(CCCl)nc2ccc(C#N)cc21)C(N)=O. The zero-order chi connectivity index (χ0) is 15.6. The molecule has 2 N–H and O–H groups in total. The summed E-state index contributed by atoms with van der Waals surface area (Å²) in [6, 6.07) is 7.42. The normalized spacial score (nSPS) is 11.5. The summed E-state index contributed by atoms with van der Waals surface area (Å²) < 4.78 is 1.93. The van der Waals surface area contributed by atoms with Crippen LogP contribution in [-0.2, 0) is 17.8 Å². The van der Waals surface area contributed by atoms with Crippen LogP contribution in [0.5, 0.6) is 0 Å². The lowest BCUT2D eigenvalue weighted by Gasteiger charge is -2.22. The number of primary amides is 1. The van der Waals surface area contributed by atoms with Crippen molar-refractivity contribution in [3.63, 3.8) is 0 Å². The van der Waals surface area contributed by atoms with Crippen LogP contribution in [0, 0.1) is 16.7 Å². The van der Waals surface area contributed by atoms with Gasteiger partial charge in [-0.2, -0.15) is 5.26 Å². The van der Waals surface area contributed by atoms with E-state index in [9.17, 15) is 4.79 Å². The zero-order valence-corrected chi connectivity index (χ0v) is 12.8. The largest absolute Gasteiger partial charge is 0.369 e. The number of hydrogen-bond acceptors (Lipinski definition) is 3. The molecular formula is C15H17ClN4O. The molecular weight excluding hydrogens is 288 g/mol. The van der Waals surface area contributed by atoms with E-state index in [4.69, 9.17) is 22.6 Å². The van der Waals surface area contributed by atoms with E-state index in [1.807, 2.05) is 4.57 Å². The lowest BCUT2D eigenvalue weighted by Crippen LogP contribution is -2.35. The van der Waals surface area contributed by atoms with Gasteiger partial charge in [-0.15, -0.1) is 11.6 Å². The van der Waals surface area contributed by atoms with Gasteiger partial charge in [0.15, 0.2) is 0 Å². The molecule has 0 aliphatic rings. The van der Waals surface area contributed by atoms with Crippen LogP contribution < -0.4 is 5.73 Å². The fourth-order valence-corrected chi connectivity index (χ4v) is 2.34. The van der Waals surface area contributed by atoms with E-state index in [0.717, 1.165) is 16.9 Å². The Bertz CT molecular complexity index is 727. The minimum Gasteiger partial charge on any atom is -0.369 e. The fraction of sp³-hybridized carbons (Fsp3) is 0.400. The average Bonchev–Trinajstić information content (AvgIpc) is 2.76. The topological polar surface area (TPSA) is 84.7 Å². The van der Waals surface area contributed by atoms with Gasteiger partial charge in [-0.1, -0.05) is 0 Å². The maximum atomic E-state index is 11.6. The second kappa shape index (κ2) is 5.74. The molecule has 1 aromatic carbocycles. The zero-order valence-electron chi connectivity index (χ0n) is 12.1. The number of halogens is 1. The second-order valence-corrected chi connectivity index (χ2v) is 5.99. The van der Waals surface area contributed by atoms with Crippen molar-refractivity contribution >= 4 is 28.5 Å². The molecule has 0 aliphatic carbocycles. The fourth-order valence-electron chi connectivity index (χ4n) is 2.17. The number of carbonyl (C=O) groups is 1. The van der Waals surface area contributed by atoms with Crippen LogP contribution in [0.4, 0.5) is 0 Å². The van der Waals surface area contributed by atoms with Crippen molar-refractivity contribution in [2.24, 2.45) is 11.1 Å². The molecule has 0 bridgehead atoms. The summed E-state index contributed by atoms with van der Waals surface area (Å²) >= 11 is 5.83. The minimum atomic E-state index is -0.711. The highest BCUT2D eigenvalue weighted by atomic mass is 35.5. The Kier molecular flexibility index (Phi) is 4.19. The van der Waals surface area contributed by atoms with Crippen molar-refractivity contribution in [1.29, 1.82) is 5.26 Å². The van der Waals surface area contributed by atoms with Crippen molar-refractivity contribution in [2.45, 2.75) is 26.8 Å². The molecule has 0 atom stereocenters. The number of fused-ring (bicyclic) bond motifs is 1. The number of rotatable bonds is 5. The van der Waals surface area contributed by atoms with E-state index >= 15 is 0 Å². The maximum absolute atomic E-state index is 11.6. The molecule has 5 nitrogen and oxygen atoms in total. The van der Waals surface area contributed by atoms with Crippen molar-refractivity contribution in [1.82, 2.24) is 9.55 Å². The number of aryl methyl sites for hydroxylation is 1. The number of hydrogen-bond donors (Lipinski definition) is 1. The van der Waals surface area contributed by atoms with Crippen molar-refractivity contribution < 1.29 is 4.79 Å². The molecule has 1 aromatic heterocycles. The molecule has 1 heterocycles. The second-order valence-electron chi connectivity index (χ2n) is 5.62. The molecule has 0 fully saturated rings. The number of carbonyl (C=O) groups excluding carboxylic acids is 1. The van der Waals surface area contributed by atoms with Crippen molar-refractivity contribution in [3.05, 3.63) is 29.6 Å². The standard InChI is InChI=1S/C15H17ClN4O/c1-15(2,14(18)21)9-20-12-7-10(8-17)3-4-11(12)19-13(20)5-6-16/h3-4,7H,5-6,9H2,1-2H3,(H2,18,21). The van der Waals surface area contributed by atoms with E-state index < -0.39 is 5.41 Å². The van der Waals surface area contributed by atoms with Crippen LogP contribution in [0.2, 0.25) is 0 Å². The highest BCUT2D eigenvalue weighted by Gasteiger charge is 2.27. The van der Waals surface area contributed by atoms with Gasteiger partial charge in [0.25, 0.3) is 0 Å². The Balaban J connectivity index is 2.59.